The molecule has 4 aromatic carbocycles. The number of pyridine rings is 2. The Morgan fingerprint density at radius 2 is 0.738 bits per heavy atom. The third kappa shape index (κ3) is 5.79. The van der Waals surface area contributed by atoms with E-state index < -0.39 is 0 Å². The fourth-order valence-electron chi connectivity index (χ4n) is 5.01. The van der Waals surface area contributed by atoms with E-state index in [2.05, 4.69) is 147 Å². The quantitative estimate of drug-likeness (QED) is 0.199. The molecule has 4 heteroatoms. The van der Waals surface area contributed by atoms with Crippen LogP contribution in [0.5, 0.6) is 0 Å². The minimum atomic E-state index is 0.835. The van der Waals surface area contributed by atoms with Gasteiger partial charge in [-0.3, -0.25) is 9.97 Å². The average molecular weight is 547 g/mol. The molecule has 0 saturated heterocycles. The normalized spacial score (nSPS) is 10.9. The van der Waals surface area contributed by atoms with Crippen molar-refractivity contribution in [2.24, 2.45) is 0 Å². The van der Waals surface area contributed by atoms with Crippen LogP contribution in [-0.4, -0.2) is 17.0 Å². The summed E-state index contributed by atoms with van der Waals surface area (Å²) in [6.45, 7) is 6.32. The van der Waals surface area contributed by atoms with E-state index in [0.717, 1.165) is 39.8 Å². The zero-order valence-electron chi connectivity index (χ0n) is 24.5. The zero-order chi connectivity index (χ0) is 29.1. The highest BCUT2D eigenvalue weighted by molar-refractivity contribution is 5.78. The Bertz CT molecular complexity index is 1760. The van der Waals surface area contributed by atoms with Crippen LogP contribution in [0.15, 0.2) is 134 Å². The van der Waals surface area contributed by atoms with Crippen LogP contribution in [-0.2, 0) is 0 Å². The molecule has 0 N–H and O–H groups in total. The number of rotatable bonds is 7. The van der Waals surface area contributed by atoms with Crippen molar-refractivity contribution >= 4 is 28.4 Å². The standard InChI is InChI=1S/C38H34N4/c1-27-5-11-30(12-6-27)31-13-19-34(20-14-31)42(33-17-9-29(3)10-18-33)36-22-24-38(40-26-36)37-23-21-35(25-39-37)41(4)32-15-7-28(2)8-16-32/h5-26H,1-4H3. The predicted molar refractivity (Wildman–Crippen MR) is 176 cm³/mol. The highest BCUT2D eigenvalue weighted by Gasteiger charge is 2.14. The average Bonchev–Trinajstić information content (AvgIpc) is 3.03. The lowest BCUT2D eigenvalue weighted by molar-refractivity contribution is 1.16. The number of nitrogens with zero attached hydrogens (tertiary/aromatic N) is 4. The zero-order valence-corrected chi connectivity index (χ0v) is 24.5. The molecule has 0 amide bonds. The molecule has 0 spiro atoms. The predicted octanol–water partition coefficient (Wildman–Crippen LogP) is 9.97. The lowest BCUT2D eigenvalue weighted by atomic mass is 10.0. The second kappa shape index (κ2) is 11.7. The minimum absolute atomic E-state index is 0.835. The first-order chi connectivity index (χ1) is 20.4. The largest absolute Gasteiger partial charge is 0.343 e. The maximum Gasteiger partial charge on any atom is 0.0887 e. The smallest absolute Gasteiger partial charge is 0.0887 e. The van der Waals surface area contributed by atoms with Gasteiger partial charge >= 0.3 is 0 Å². The van der Waals surface area contributed by atoms with Gasteiger partial charge in [-0.05, 0) is 92.6 Å². The summed E-state index contributed by atoms with van der Waals surface area (Å²) >= 11 is 0. The van der Waals surface area contributed by atoms with E-state index >= 15 is 0 Å². The third-order valence-electron chi connectivity index (χ3n) is 7.63. The Labute approximate surface area is 248 Å². The van der Waals surface area contributed by atoms with Crippen molar-refractivity contribution in [1.82, 2.24) is 9.97 Å². The molecule has 0 aliphatic heterocycles. The first-order valence-corrected chi connectivity index (χ1v) is 14.2. The van der Waals surface area contributed by atoms with Crippen LogP contribution < -0.4 is 9.80 Å². The second-order valence-corrected chi connectivity index (χ2v) is 10.8. The molecule has 2 aromatic heterocycles. The molecule has 0 bridgehead atoms. The number of anilines is 5. The van der Waals surface area contributed by atoms with E-state index in [1.807, 2.05) is 24.5 Å². The van der Waals surface area contributed by atoms with Crippen LogP contribution in [0.3, 0.4) is 0 Å². The van der Waals surface area contributed by atoms with Crippen molar-refractivity contribution in [2.45, 2.75) is 20.8 Å². The van der Waals surface area contributed by atoms with Gasteiger partial charge in [-0.2, -0.15) is 0 Å². The van der Waals surface area contributed by atoms with Gasteiger partial charge in [0.05, 0.1) is 35.2 Å². The summed E-state index contributed by atoms with van der Waals surface area (Å²) < 4.78 is 0. The number of benzene rings is 4. The molecule has 42 heavy (non-hydrogen) atoms. The van der Waals surface area contributed by atoms with Crippen LogP contribution in [0.1, 0.15) is 16.7 Å². The van der Waals surface area contributed by atoms with E-state index in [1.54, 1.807) is 0 Å². The summed E-state index contributed by atoms with van der Waals surface area (Å²) in [6, 6.07) is 42.7. The fourth-order valence-corrected chi connectivity index (χ4v) is 5.01. The van der Waals surface area contributed by atoms with Crippen LogP contribution in [0.25, 0.3) is 22.5 Å². The topological polar surface area (TPSA) is 32.3 Å². The maximum absolute atomic E-state index is 4.84. The molecule has 0 atom stereocenters. The van der Waals surface area contributed by atoms with E-state index in [0.29, 0.717) is 0 Å². The van der Waals surface area contributed by atoms with Gasteiger partial charge in [0, 0.05) is 24.1 Å². The van der Waals surface area contributed by atoms with Gasteiger partial charge in [-0.1, -0.05) is 77.4 Å². The monoisotopic (exact) mass is 546 g/mol. The Morgan fingerprint density at radius 1 is 0.381 bits per heavy atom. The molecule has 0 fully saturated rings. The number of aromatic nitrogens is 2. The summed E-state index contributed by atoms with van der Waals surface area (Å²) in [5.74, 6) is 0. The second-order valence-electron chi connectivity index (χ2n) is 10.8. The van der Waals surface area contributed by atoms with Gasteiger partial charge in [0.15, 0.2) is 0 Å². The van der Waals surface area contributed by atoms with Gasteiger partial charge in [-0.25, -0.2) is 0 Å². The van der Waals surface area contributed by atoms with Crippen molar-refractivity contribution in [3.8, 4) is 22.5 Å². The Hall–Kier alpha value is -5.22. The van der Waals surface area contributed by atoms with Gasteiger partial charge in [0.1, 0.15) is 0 Å². The van der Waals surface area contributed by atoms with Gasteiger partial charge in [-0.15, -0.1) is 0 Å². The summed E-state index contributed by atoms with van der Waals surface area (Å²) in [5.41, 5.74) is 13.1. The number of aryl methyl sites for hydroxylation is 3. The van der Waals surface area contributed by atoms with E-state index in [4.69, 9.17) is 9.97 Å². The molecule has 0 saturated carbocycles. The first-order valence-electron chi connectivity index (χ1n) is 14.2. The highest BCUT2D eigenvalue weighted by Crippen LogP contribution is 2.36. The molecular weight excluding hydrogens is 512 g/mol. The maximum atomic E-state index is 4.84. The molecule has 6 rings (SSSR count). The van der Waals surface area contributed by atoms with Crippen LogP contribution >= 0.6 is 0 Å². The molecule has 0 aliphatic rings. The van der Waals surface area contributed by atoms with Crippen molar-refractivity contribution < 1.29 is 0 Å². The van der Waals surface area contributed by atoms with Crippen LogP contribution in [0.4, 0.5) is 28.4 Å². The molecule has 0 unspecified atom stereocenters. The van der Waals surface area contributed by atoms with Crippen molar-refractivity contribution in [3.63, 3.8) is 0 Å². The van der Waals surface area contributed by atoms with Gasteiger partial charge in [0.2, 0.25) is 0 Å². The third-order valence-corrected chi connectivity index (χ3v) is 7.63. The SMILES string of the molecule is Cc1ccc(-c2ccc(N(c3ccc(C)cc3)c3ccc(-c4ccc(N(C)c5ccc(C)cc5)cn4)nc3)cc2)cc1. The lowest BCUT2D eigenvalue weighted by Crippen LogP contribution is -2.10. The summed E-state index contributed by atoms with van der Waals surface area (Å²) in [6.07, 6.45) is 3.83. The first kappa shape index (κ1) is 27.0. The Kier molecular flexibility index (Phi) is 7.52. The molecule has 206 valence electrons. The lowest BCUT2D eigenvalue weighted by Gasteiger charge is -2.25. The van der Waals surface area contributed by atoms with Crippen molar-refractivity contribution in [1.29, 1.82) is 0 Å². The van der Waals surface area contributed by atoms with Crippen molar-refractivity contribution in [2.75, 3.05) is 16.8 Å². The Balaban J connectivity index is 1.27. The minimum Gasteiger partial charge on any atom is -0.343 e. The number of hydrogen-bond donors (Lipinski definition) is 0. The van der Waals surface area contributed by atoms with E-state index in [1.165, 1.54) is 27.8 Å². The molecular formula is C38H34N4. The van der Waals surface area contributed by atoms with E-state index in [-0.39, 0.29) is 0 Å². The van der Waals surface area contributed by atoms with E-state index in [9.17, 15) is 0 Å². The van der Waals surface area contributed by atoms with Gasteiger partial charge < -0.3 is 9.80 Å². The van der Waals surface area contributed by atoms with Gasteiger partial charge in [0.25, 0.3) is 0 Å². The molecule has 0 radical (unpaired) electrons. The highest BCUT2D eigenvalue weighted by atomic mass is 15.1. The molecule has 0 aliphatic carbocycles. The molecule has 4 nitrogen and oxygen atoms in total. The van der Waals surface area contributed by atoms with Crippen molar-refractivity contribution in [3.05, 3.63) is 150 Å². The fraction of sp³-hybridized carbons (Fsp3) is 0.105. The summed E-state index contributed by atoms with van der Waals surface area (Å²) in [4.78, 5) is 13.9. The summed E-state index contributed by atoms with van der Waals surface area (Å²) in [5, 5.41) is 0. The van der Waals surface area contributed by atoms with Crippen LogP contribution in [0.2, 0.25) is 0 Å². The summed E-state index contributed by atoms with van der Waals surface area (Å²) in [7, 11) is 2.06. The molecule has 6 aromatic rings. The van der Waals surface area contributed by atoms with Crippen LogP contribution in [0, 0.1) is 20.8 Å². The number of hydrogen-bond acceptors (Lipinski definition) is 4. The molecule has 2 heterocycles. The Morgan fingerprint density at radius 3 is 1.19 bits per heavy atom.